The molecule has 31 heavy (non-hydrogen) atoms. The summed E-state index contributed by atoms with van der Waals surface area (Å²) < 4.78 is 4.97. The zero-order valence-electron chi connectivity index (χ0n) is 18.1. The van der Waals surface area contributed by atoms with Crippen molar-refractivity contribution in [2.45, 2.75) is 39.0 Å². The highest BCUT2D eigenvalue weighted by Gasteiger charge is 2.52. The van der Waals surface area contributed by atoms with Crippen LogP contribution in [0, 0.1) is 23.7 Å². The third-order valence-corrected chi connectivity index (χ3v) is 7.61. The van der Waals surface area contributed by atoms with Crippen molar-refractivity contribution in [3.05, 3.63) is 76.9 Å². The summed E-state index contributed by atoms with van der Waals surface area (Å²) in [6.07, 6.45) is 10.1. The number of aromatic hydroxyl groups is 1. The Labute approximate surface area is 184 Å². The summed E-state index contributed by atoms with van der Waals surface area (Å²) in [5.74, 6) is 3.37. The topological polar surface area (TPSA) is 46.5 Å². The number of carbonyl (C=O) groups excluding carboxylic acids is 1. The molecule has 2 aromatic rings. The van der Waals surface area contributed by atoms with E-state index in [0.717, 1.165) is 23.3 Å². The van der Waals surface area contributed by atoms with E-state index in [-0.39, 0.29) is 5.97 Å². The molecule has 0 radical (unpaired) electrons. The number of carbonyl (C=O) groups is 1. The lowest BCUT2D eigenvalue weighted by Gasteiger charge is -2.29. The number of ether oxygens (including phenoxy) is 1. The highest BCUT2D eigenvalue weighted by molar-refractivity contribution is 5.87. The molecule has 4 unspecified atom stereocenters. The van der Waals surface area contributed by atoms with Gasteiger partial charge >= 0.3 is 5.97 Å². The van der Waals surface area contributed by atoms with Crippen molar-refractivity contribution in [2.24, 2.45) is 23.7 Å². The smallest absolute Gasteiger partial charge is 0.330 e. The molecule has 3 aliphatic rings. The Bertz CT molecular complexity index is 1010. The third-order valence-electron chi connectivity index (χ3n) is 7.61. The maximum absolute atomic E-state index is 11.6. The summed E-state index contributed by atoms with van der Waals surface area (Å²) in [6, 6.07) is 16.1. The Hall–Kier alpha value is -2.81. The normalized spacial score (nSPS) is 28.2. The van der Waals surface area contributed by atoms with Gasteiger partial charge in [0, 0.05) is 6.08 Å². The maximum Gasteiger partial charge on any atom is 0.330 e. The van der Waals surface area contributed by atoms with Crippen LogP contribution < -0.4 is 0 Å². The molecule has 0 saturated heterocycles. The molecule has 3 saturated carbocycles. The van der Waals surface area contributed by atoms with Gasteiger partial charge in [0.05, 0.1) is 6.61 Å². The van der Waals surface area contributed by atoms with Crippen LogP contribution in [0.3, 0.4) is 0 Å². The summed E-state index contributed by atoms with van der Waals surface area (Å²) in [5, 5.41) is 9.82. The molecule has 0 aromatic heterocycles. The van der Waals surface area contributed by atoms with Crippen molar-refractivity contribution in [1.82, 2.24) is 0 Å². The van der Waals surface area contributed by atoms with E-state index in [0.29, 0.717) is 18.3 Å². The van der Waals surface area contributed by atoms with Crippen molar-refractivity contribution < 1.29 is 14.6 Å². The number of esters is 1. The molecule has 2 bridgehead atoms. The van der Waals surface area contributed by atoms with Crippen molar-refractivity contribution in [3.8, 4) is 5.75 Å². The van der Waals surface area contributed by atoms with Gasteiger partial charge in [-0.15, -0.1) is 0 Å². The first-order valence-corrected chi connectivity index (χ1v) is 11.6. The van der Waals surface area contributed by atoms with Crippen LogP contribution in [0.5, 0.6) is 5.75 Å². The van der Waals surface area contributed by atoms with Crippen molar-refractivity contribution in [1.29, 1.82) is 0 Å². The molecule has 1 N–H and O–H groups in total. The Morgan fingerprint density at radius 3 is 2.42 bits per heavy atom. The number of rotatable bonds is 5. The number of phenolic OH excluding ortho intramolecular Hbond substituents is 1. The van der Waals surface area contributed by atoms with Gasteiger partial charge in [-0.3, -0.25) is 0 Å². The average Bonchev–Trinajstić information content (AvgIpc) is 3.49. The van der Waals surface area contributed by atoms with E-state index in [1.807, 2.05) is 19.1 Å². The van der Waals surface area contributed by atoms with Crippen LogP contribution in [0.2, 0.25) is 0 Å². The minimum Gasteiger partial charge on any atom is -0.508 e. The van der Waals surface area contributed by atoms with E-state index < -0.39 is 0 Å². The Morgan fingerprint density at radius 1 is 1.03 bits per heavy atom. The largest absolute Gasteiger partial charge is 0.508 e. The highest BCUT2D eigenvalue weighted by atomic mass is 16.5. The van der Waals surface area contributed by atoms with Gasteiger partial charge in [-0.1, -0.05) is 48.4 Å². The zero-order valence-corrected chi connectivity index (χ0v) is 18.1. The molecular formula is C28H30O3. The number of benzene rings is 2. The number of allylic oxidation sites excluding steroid dienone is 1. The number of fused-ring (bicyclic) bond motifs is 5. The molecule has 3 fully saturated rings. The second-order valence-corrected chi connectivity index (χ2v) is 9.22. The van der Waals surface area contributed by atoms with Gasteiger partial charge in [-0.2, -0.15) is 0 Å². The van der Waals surface area contributed by atoms with E-state index in [1.165, 1.54) is 54.9 Å². The SMILES string of the molecule is CCOC(=O)/C=C/c1ccc(/C(=C2\CC3CC2C2CCCC32)c2ccc(O)cc2)cc1. The molecule has 3 heteroatoms. The molecule has 4 atom stereocenters. The first-order valence-electron chi connectivity index (χ1n) is 11.6. The molecule has 0 heterocycles. The lowest BCUT2D eigenvalue weighted by atomic mass is 9.75. The second-order valence-electron chi connectivity index (χ2n) is 9.22. The highest BCUT2D eigenvalue weighted by Crippen LogP contribution is 2.62. The van der Waals surface area contributed by atoms with Gasteiger partial charge < -0.3 is 9.84 Å². The fourth-order valence-electron chi connectivity index (χ4n) is 6.42. The molecule has 160 valence electrons. The number of hydrogen-bond donors (Lipinski definition) is 1. The Balaban J connectivity index is 1.50. The lowest BCUT2D eigenvalue weighted by molar-refractivity contribution is -0.137. The summed E-state index contributed by atoms with van der Waals surface area (Å²) >= 11 is 0. The minimum absolute atomic E-state index is 0.302. The number of hydrogen-bond acceptors (Lipinski definition) is 3. The standard InChI is InChI=1S/C28H30O3/c1-2-31-27(30)15-8-18-6-9-19(10-7-18)28(20-11-13-22(29)14-12-20)26-17-21-16-25(26)24-5-3-4-23(21)24/h6-15,21,23-25,29H,2-5,16-17H2,1H3/b15-8+,28-26-. The van der Waals surface area contributed by atoms with E-state index in [1.54, 1.807) is 23.8 Å². The third kappa shape index (κ3) is 3.82. The molecule has 2 aromatic carbocycles. The van der Waals surface area contributed by atoms with Crippen molar-refractivity contribution >= 4 is 17.6 Å². The van der Waals surface area contributed by atoms with Gasteiger partial charge in [0.1, 0.15) is 5.75 Å². The lowest BCUT2D eigenvalue weighted by Crippen LogP contribution is -2.19. The number of phenols is 1. The van der Waals surface area contributed by atoms with Crippen LogP contribution in [0.1, 0.15) is 55.7 Å². The summed E-state index contributed by atoms with van der Waals surface area (Å²) in [4.78, 5) is 11.6. The fraction of sp³-hybridized carbons (Fsp3) is 0.393. The van der Waals surface area contributed by atoms with Gasteiger partial charge in [0.15, 0.2) is 0 Å². The Kier molecular flexibility index (Phi) is 5.43. The van der Waals surface area contributed by atoms with Crippen LogP contribution in [0.4, 0.5) is 0 Å². The van der Waals surface area contributed by atoms with E-state index in [2.05, 4.69) is 24.3 Å². The molecule has 5 rings (SSSR count). The summed E-state index contributed by atoms with van der Waals surface area (Å²) in [5.41, 5.74) is 6.35. The second kappa shape index (κ2) is 8.37. The van der Waals surface area contributed by atoms with E-state index >= 15 is 0 Å². The molecule has 0 amide bonds. The molecule has 0 spiro atoms. The van der Waals surface area contributed by atoms with Gasteiger partial charge in [-0.25, -0.2) is 4.79 Å². The summed E-state index contributed by atoms with van der Waals surface area (Å²) in [6.45, 7) is 2.19. The predicted octanol–water partition coefficient (Wildman–Crippen LogP) is 6.23. The van der Waals surface area contributed by atoms with E-state index in [4.69, 9.17) is 4.74 Å². The molecule has 0 aliphatic heterocycles. The van der Waals surface area contributed by atoms with Crippen LogP contribution in [0.25, 0.3) is 11.6 Å². The molecule has 3 nitrogen and oxygen atoms in total. The van der Waals surface area contributed by atoms with Gasteiger partial charge in [0.2, 0.25) is 0 Å². The first kappa shape index (κ1) is 20.1. The zero-order chi connectivity index (χ0) is 21.4. The maximum atomic E-state index is 11.6. The van der Waals surface area contributed by atoms with Crippen LogP contribution in [0.15, 0.2) is 60.2 Å². The van der Waals surface area contributed by atoms with Crippen LogP contribution in [-0.4, -0.2) is 17.7 Å². The van der Waals surface area contributed by atoms with Crippen molar-refractivity contribution in [3.63, 3.8) is 0 Å². The van der Waals surface area contributed by atoms with E-state index in [9.17, 15) is 9.90 Å². The Morgan fingerprint density at radius 2 is 1.71 bits per heavy atom. The average molecular weight is 415 g/mol. The first-order chi connectivity index (χ1) is 15.1. The van der Waals surface area contributed by atoms with Gasteiger partial charge in [0.25, 0.3) is 0 Å². The van der Waals surface area contributed by atoms with Crippen LogP contribution in [-0.2, 0) is 9.53 Å². The summed E-state index contributed by atoms with van der Waals surface area (Å²) in [7, 11) is 0. The minimum atomic E-state index is -0.313. The quantitative estimate of drug-likeness (QED) is 0.466. The van der Waals surface area contributed by atoms with Gasteiger partial charge in [-0.05, 0) is 96.8 Å². The predicted molar refractivity (Wildman–Crippen MR) is 123 cm³/mol. The monoisotopic (exact) mass is 414 g/mol. The fourth-order valence-corrected chi connectivity index (χ4v) is 6.42. The van der Waals surface area contributed by atoms with Crippen LogP contribution >= 0.6 is 0 Å². The molecular weight excluding hydrogens is 384 g/mol. The van der Waals surface area contributed by atoms with Crippen molar-refractivity contribution in [2.75, 3.05) is 6.61 Å². The molecule has 3 aliphatic carbocycles.